The van der Waals surface area contributed by atoms with Crippen molar-refractivity contribution in [2.75, 3.05) is 7.11 Å². The van der Waals surface area contributed by atoms with Crippen molar-refractivity contribution in [1.82, 2.24) is 0 Å². The average Bonchev–Trinajstić information content (AvgIpc) is 2.37. The van der Waals surface area contributed by atoms with Crippen LogP contribution in [-0.2, 0) is 4.79 Å². The van der Waals surface area contributed by atoms with E-state index in [0.717, 1.165) is 28.4 Å². The SMILES string of the molecule is [2H]c1ccc2cc(OC)ccc2c1C(C)C=O. The lowest BCUT2D eigenvalue weighted by atomic mass is 9.96. The Morgan fingerprint density at radius 1 is 1.44 bits per heavy atom. The van der Waals surface area contributed by atoms with Crippen LogP contribution in [-0.4, -0.2) is 13.4 Å². The van der Waals surface area contributed by atoms with Gasteiger partial charge in [-0.1, -0.05) is 31.2 Å². The molecule has 0 fully saturated rings. The lowest BCUT2D eigenvalue weighted by Gasteiger charge is -2.09. The first-order valence-electron chi connectivity index (χ1n) is 5.70. The standard InChI is InChI=1S/C14H14O2/c1-10(9-15)13-5-3-4-11-8-12(16-2)6-7-14(11)13/h3-10H,1-2H3/i5D. The van der Waals surface area contributed by atoms with E-state index in [9.17, 15) is 4.79 Å². The molecule has 2 aromatic rings. The van der Waals surface area contributed by atoms with E-state index in [1.54, 1.807) is 13.2 Å². The van der Waals surface area contributed by atoms with E-state index in [1.165, 1.54) is 0 Å². The van der Waals surface area contributed by atoms with Crippen molar-refractivity contribution in [2.45, 2.75) is 12.8 Å². The van der Waals surface area contributed by atoms with E-state index in [-0.39, 0.29) is 5.92 Å². The third-order valence-electron chi connectivity index (χ3n) is 2.71. The molecule has 2 nitrogen and oxygen atoms in total. The van der Waals surface area contributed by atoms with Crippen molar-refractivity contribution in [3.05, 3.63) is 41.9 Å². The number of carbonyl (C=O) groups is 1. The predicted octanol–water partition coefficient (Wildman–Crippen LogP) is 3.15. The molecule has 0 aliphatic rings. The van der Waals surface area contributed by atoms with Crippen LogP contribution in [0.3, 0.4) is 0 Å². The highest BCUT2D eigenvalue weighted by molar-refractivity contribution is 5.89. The molecule has 16 heavy (non-hydrogen) atoms. The van der Waals surface area contributed by atoms with Crippen molar-refractivity contribution in [2.24, 2.45) is 0 Å². The molecule has 0 aliphatic carbocycles. The number of rotatable bonds is 3. The molecular weight excluding hydrogens is 200 g/mol. The number of methoxy groups -OCH3 is 1. The summed E-state index contributed by atoms with van der Waals surface area (Å²) in [6, 6.07) is 9.67. The largest absolute Gasteiger partial charge is 0.497 e. The van der Waals surface area contributed by atoms with Crippen molar-refractivity contribution < 1.29 is 10.9 Å². The molecule has 1 atom stereocenters. The number of hydrogen-bond donors (Lipinski definition) is 0. The second kappa shape index (κ2) is 4.35. The number of aldehydes is 1. The first-order valence-corrected chi connectivity index (χ1v) is 5.20. The summed E-state index contributed by atoms with van der Waals surface area (Å²) in [5.74, 6) is 0.513. The van der Waals surface area contributed by atoms with E-state index in [0.29, 0.717) is 6.04 Å². The van der Waals surface area contributed by atoms with Crippen LogP contribution >= 0.6 is 0 Å². The molecule has 0 saturated heterocycles. The summed E-state index contributed by atoms with van der Waals surface area (Å²) in [6.45, 7) is 1.81. The zero-order valence-corrected chi connectivity index (χ0v) is 9.36. The first-order chi connectivity index (χ1) is 8.17. The number of benzene rings is 2. The van der Waals surface area contributed by atoms with Gasteiger partial charge in [-0.25, -0.2) is 0 Å². The summed E-state index contributed by atoms with van der Waals surface area (Å²) >= 11 is 0. The fourth-order valence-electron chi connectivity index (χ4n) is 1.79. The fourth-order valence-corrected chi connectivity index (χ4v) is 1.79. The molecule has 0 spiro atoms. The van der Waals surface area contributed by atoms with Gasteiger partial charge in [-0.15, -0.1) is 0 Å². The second-order valence-corrected chi connectivity index (χ2v) is 3.77. The van der Waals surface area contributed by atoms with Gasteiger partial charge in [0.1, 0.15) is 12.0 Å². The molecule has 0 aliphatic heterocycles. The quantitative estimate of drug-likeness (QED) is 0.735. The lowest BCUT2D eigenvalue weighted by molar-refractivity contribution is -0.108. The second-order valence-electron chi connectivity index (χ2n) is 3.77. The fraction of sp³-hybridized carbons (Fsp3) is 0.214. The summed E-state index contributed by atoms with van der Waals surface area (Å²) in [5, 5.41) is 1.93. The summed E-state index contributed by atoms with van der Waals surface area (Å²) in [4.78, 5) is 10.9. The molecule has 82 valence electrons. The van der Waals surface area contributed by atoms with Gasteiger partial charge >= 0.3 is 0 Å². The molecule has 0 saturated carbocycles. The Bertz CT molecular complexity index is 563. The molecule has 2 rings (SSSR count). The first kappa shape index (κ1) is 9.40. The minimum absolute atomic E-state index is 0.264. The van der Waals surface area contributed by atoms with Crippen LogP contribution in [0.1, 0.15) is 19.8 Å². The molecule has 2 heteroatoms. The van der Waals surface area contributed by atoms with E-state index in [4.69, 9.17) is 6.11 Å². The van der Waals surface area contributed by atoms with Crippen molar-refractivity contribution in [3.8, 4) is 5.75 Å². The Morgan fingerprint density at radius 2 is 2.25 bits per heavy atom. The zero-order chi connectivity index (χ0) is 12.4. The van der Waals surface area contributed by atoms with Gasteiger partial charge in [0.2, 0.25) is 0 Å². The zero-order valence-electron chi connectivity index (χ0n) is 10.4. The molecule has 0 heterocycles. The van der Waals surface area contributed by atoms with Crippen molar-refractivity contribution in [1.29, 1.82) is 0 Å². The Morgan fingerprint density at radius 3 is 2.94 bits per heavy atom. The van der Waals surface area contributed by atoms with Crippen LogP contribution in [0.4, 0.5) is 0 Å². The van der Waals surface area contributed by atoms with E-state index in [2.05, 4.69) is 0 Å². The minimum Gasteiger partial charge on any atom is -0.497 e. The lowest BCUT2D eigenvalue weighted by Crippen LogP contribution is -1.95. The van der Waals surface area contributed by atoms with Gasteiger partial charge in [0.25, 0.3) is 0 Å². The Hall–Kier alpha value is -1.83. The summed E-state index contributed by atoms with van der Waals surface area (Å²) in [7, 11) is 1.62. The molecule has 0 N–H and O–H groups in total. The molecule has 2 aromatic carbocycles. The van der Waals surface area contributed by atoms with Crippen LogP contribution in [0.15, 0.2) is 36.4 Å². The summed E-state index contributed by atoms with van der Waals surface area (Å²) in [6.07, 6.45) is 0.872. The third-order valence-corrected chi connectivity index (χ3v) is 2.71. The molecule has 0 bridgehead atoms. The van der Waals surface area contributed by atoms with E-state index < -0.39 is 0 Å². The number of carbonyl (C=O) groups excluding carboxylic acids is 1. The number of hydrogen-bond acceptors (Lipinski definition) is 2. The molecule has 1 unspecified atom stereocenters. The molecule has 0 radical (unpaired) electrons. The maximum Gasteiger partial charge on any atom is 0.127 e. The number of fused-ring (bicyclic) bond motifs is 1. The normalized spacial score (nSPS) is 13.2. The van der Waals surface area contributed by atoms with Gasteiger partial charge < -0.3 is 9.53 Å². The Labute approximate surface area is 96.3 Å². The highest BCUT2D eigenvalue weighted by Gasteiger charge is 2.08. The van der Waals surface area contributed by atoms with E-state index in [1.807, 2.05) is 31.2 Å². The van der Waals surface area contributed by atoms with Crippen molar-refractivity contribution >= 4 is 17.1 Å². The Kier molecular flexibility index (Phi) is 2.56. The third kappa shape index (κ3) is 1.78. The van der Waals surface area contributed by atoms with Gasteiger partial charge in [0, 0.05) is 5.92 Å². The van der Waals surface area contributed by atoms with Crippen LogP contribution in [0.2, 0.25) is 0 Å². The number of ether oxygens (including phenoxy) is 1. The molecule has 0 aromatic heterocycles. The van der Waals surface area contributed by atoms with Crippen LogP contribution < -0.4 is 4.74 Å². The van der Waals surface area contributed by atoms with Gasteiger partial charge in [-0.3, -0.25) is 0 Å². The summed E-state index contributed by atoms with van der Waals surface area (Å²) in [5.41, 5.74) is 0.778. The maximum atomic E-state index is 10.9. The predicted molar refractivity (Wildman–Crippen MR) is 65.0 cm³/mol. The maximum absolute atomic E-state index is 10.9. The van der Waals surface area contributed by atoms with Crippen LogP contribution in [0.25, 0.3) is 10.8 Å². The average molecular weight is 215 g/mol. The van der Waals surface area contributed by atoms with Gasteiger partial charge in [0.05, 0.1) is 8.48 Å². The summed E-state index contributed by atoms with van der Waals surface area (Å²) < 4.78 is 13.1. The smallest absolute Gasteiger partial charge is 0.127 e. The monoisotopic (exact) mass is 215 g/mol. The topological polar surface area (TPSA) is 26.3 Å². The van der Waals surface area contributed by atoms with Gasteiger partial charge in [0.15, 0.2) is 0 Å². The van der Waals surface area contributed by atoms with Gasteiger partial charge in [-0.2, -0.15) is 0 Å². The Balaban J connectivity index is 2.73. The van der Waals surface area contributed by atoms with Crippen LogP contribution in [0.5, 0.6) is 5.75 Å². The highest BCUT2D eigenvalue weighted by atomic mass is 16.5. The van der Waals surface area contributed by atoms with E-state index >= 15 is 0 Å². The van der Waals surface area contributed by atoms with Gasteiger partial charge in [-0.05, 0) is 28.5 Å². The van der Waals surface area contributed by atoms with Crippen LogP contribution in [0, 0.1) is 0 Å². The van der Waals surface area contributed by atoms with Crippen molar-refractivity contribution in [3.63, 3.8) is 0 Å². The minimum atomic E-state index is -0.264. The highest BCUT2D eigenvalue weighted by Crippen LogP contribution is 2.27. The molecule has 0 amide bonds. The molecular formula is C14H14O2.